The smallest absolute Gasteiger partial charge is 0.137 e. The molecule has 4 nitrogen and oxygen atoms in total. The molecule has 2 rings (SSSR count). The highest BCUT2D eigenvalue weighted by molar-refractivity contribution is 5.44. The summed E-state index contributed by atoms with van der Waals surface area (Å²) >= 11 is 0. The lowest BCUT2D eigenvalue weighted by atomic mass is 10.1. The molecule has 2 heterocycles. The predicted octanol–water partition coefficient (Wildman–Crippen LogP) is 2.94. The van der Waals surface area contributed by atoms with E-state index in [0.29, 0.717) is 12.6 Å². The zero-order valence-electron chi connectivity index (χ0n) is 13.2. The number of hydrogen-bond acceptors (Lipinski definition) is 4. The van der Waals surface area contributed by atoms with Gasteiger partial charge in [0.05, 0.1) is 12.8 Å². The van der Waals surface area contributed by atoms with Gasteiger partial charge in [-0.1, -0.05) is 27.7 Å². The average molecular weight is 267 g/mol. The highest BCUT2D eigenvalue weighted by atomic mass is 16.5. The van der Waals surface area contributed by atoms with Crippen molar-refractivity contribution in [3.05, 3.63) is 18.3 Å². The summed E-state index contributed by atoms with van der Waals surface area (Å²) in [5.74, 6) is 1.87. The van der Waals surface area contributed by atoms with Gasteiger partial charge in [0.15, 0.2) is 0 Å². The predicted molar refractivity (Wildman–Crippen MR) is 83.2 cm³/mol. The molecule has 19 heavy (non-hydrogen) atoms. The van der Waals surface area contributed by atoms with E-state index in [-0.39, 0.29) is 0 Å². The molecule has 0 bridgehead atoms. The second-order valence-electron chi connectivity index (χ2n) is 3.68. The Morgan fingerprint density at radius 3 is 2.32 bits per heavy atom. The lowest BCUT2D eigenvalue weighted by molar-refractivity contribution is 0.338. The summed E-state index contributed by atoms with van der Waals surface area (Å²) in [7, 11) is 1.99. The summed E-state index contributed by atoms with van der Waals surface area (Å²) in [5.41, 5.74) is 0. The van der Waals surface area contributed by atoms with Gasteiger partial charge in [-0.05, 0) is 26.1 Å². The average Bonchev–Trinajstić information content (AvgIpc) is 2.44. The van der Waals surface area contributed by atoms with Crippen LogP contribution in [0.5, 0.6) is 5.75 Å². The van der Waals surface area contributed by atoms with Crippen LogP contribution in [0.1, 0.15) is 34.6 Å². The maximum Gasteiger partial charge on any atom is 0.137 e. The minimum Gasteiger partial charge on any atom is -0.492 e. The third kappa shape index (κ3) is 5.47. The van der Waals surface area contributed by atoms with Crippen molar-refractivity contribution < 1.29 is 4.74 Å². The van der Waals surface area contributed by atoms with Crippen LogP contribution in [0.15, 0.2) is 18.3 Å². The zero-order valence-corrected chi connectivity index (χ0v) is 13.2. The van der Waals surface area contributed by atoms with E-state index in [2.05, 4.69) is 15.2 Å². The van der Waals surface area contributed by atoms with Crippen LogP contribution in [0, 0.1) is 0 Å². The van der Waals surface area contributed by atoms with E-state index in [9.17, 15) is 0 Å². The van der Waals surface area contributed by atoms with Gasteiger partial charge in [-0.25, -0.2) is 4.98 Å². The normalized spacial score (nSPS) is 13.5. The Bertz CT molecular complexity index is 308. The van der Waals surface area contributed by atoms with Gasteiger partial charge in [0.1, 0.15) is 11.6 Å². The van der Waals surface area contributed by atoms with E-state index < -0.39 is 0 Å². The molecular formula is C15H29N3O. The van der Waals surface area contributed by atoms with E-state index >= 15 is 0 Å². The van der Waals surface area contributed by atoms with Crippen LogP contribution in [-0.2, 0) is 0 Å². The molecule has 1 aromatic rings. The third-order valence-electron chi connectivity index (χ3n) is 2.65. The Balaban J connectivity index is 0.000000741. The van der Waals surface area contributed by atoms with Crippen molar-refractivity contribution in [2.75, 3.05) is 31.6 Å². The van der Waals surface area contributed by atoms with Gasteiger partial charge in [-0.3, -0.25) is 0 Å². The van der Waals surface area contributed by atoms with E-state index in [1.54, 1.807) is 6.20 Å². The Hall–Kier alpha value is -1.29. The molecule has 1 aromatic heterocycles. The van der Waals surface area contributed by atoms with Crippen molar-refractivity contribution in [1.29, 1.82) is 0 Å². The monoisotopic (exact) mass is 267 g/mol. The van der Waals surface area contributed by atoms with Crippen molar-refractivity contribution in [2.45, 2.75) is 40.7 Å². The van der Waals surface area contributed by atoms with Crippen LogP contribution in [-0.4, -0.2) is 37.8 Å². The largest absolute Gasteiger partial charge is 0.492 e. The molecule has 0 unspecified atom stereocenters. The number of aromatic nitrogens is 1. The van der Waals surface area contributed by atoms with E-state index in [1.807, 2.05) is 53.8 Å². The van der Waals surface area contributed by atoms with Gasteiger partial charge < -0.3 is 15.0 Å². The van der Waals surface area contributed by atoms with Gasteiger partial charge >= 0.3 is 0 Å². The zero-order chi connectivity index (χ0) is 14.7. The number of ether oxygens (including phenoxy) is 1. The van der Waals surface area contributed by atoms with Crippen molar-refractivity contribution in [2.24, 2.45) is 0 Å². The van der Waals surface area contributed by atoms with Crippen LogP contribution < -0.4 is 15.0 Å². The number of rotatable bonds is 4. The molecule has 0 amide bonds. The first-order valence-electron chi connectivity index (χ1n) is 7.34. The van der Waals surface area contributed by atoms with Crippen molar-refractivity contribution in [3.8, 4) is 5.75 Å². The molecule has 1 N–H and O–H groups in total. The molecule has 1 aliphatic rings. The summed E-state index contributed by atoms with van der Waals surface area (Å²) in [5, 5.41) is 3.24. The molecule has 0 radical (unpaired) electrons. The number of anilines is 1. The van der Waals surface area contributed by atoms with Crippen molar-refractivity contribution in [3.63, 3.8) is 0 Å². The quantitative estimate of drug-likeness (QED) is 0.910. The molecular weight excluding hydrogens is 238 g/mol. The fourth-order valence-electron chi connectivity index (χ4n) is 1.66. The third-order valence-corrected chi connectivity index (χ3v) is 2.65. The van der Waals surface area contributed by atoms with Gasteiger partial charge in [0.2, 0.25) is 0 Å². The lowest BCUT2D eigenvalue weighted by Crippen LogP contribution is -2.57. The van der Waals surface area contributed by atoms with E-state index in [4.69, 9.17) is 4.74 Å². The molecule has 0 aromatic carbocycles. The fraction of sp³-hybridized carbons (Fsp3) is 0.667. The van der Waals surface area contributed by atoms with Crippen LogP contribution >= 0.6 is 0 Å². The Labute approximate surface area is 118 Å². The molecule has 1 saturated heterocycles. The maximum atomic E-state index is 5.34. The van der Waals surface area contributed by atoms with Crippen LogP contribution in [0.2, 0.25) is 0 Å². The summed E-state index contributed by atoms with van der Waals surface area (Å²) in [4.78, 5) is 6.61. The SMILES string of the molecule is CC.CC.CCOc1ccc(N2CC(NC)C2)nc1. The van der Waals surface area contributed by atoms with Crippen molar-refractivity contribution in [1.82, 2.24) is 10.3 Å². The number of nitrogens with one attached hydrogen (secondary N) is 1. The van der Waals surface area contributed by atoms with Crippen LogP contribution in [0.3, 0.4) is 0 Å². The highest BCUT2D eigenvalue weighted by Gasteiger charge is 2.25. The van der Waals surface area contributed by atoms with Gasteiger partial charge in [-0.15, -0.1) is 0 Å². The van der Waals surface area contributed by atoms with Crippen molar-refractivity contribution >= 4 is 5.82 Å². The first kappa shape index (κ1) is 17.7. The molecule has 0 atom stereocenters. The molecule has 4 heteroatoms. The fourth-order valence-corrected chi connectivity index (χ4v) is 1.66. The Kier molecular flexibility index (Phi) is 9.90. The first-order valence-corrected chi connectivity index (χ1v) is 7.34. The number of nitrogens with zero attached hydrogens (tertiary/aromatic N) is 2. The lowest BCUT2D eigenvalue weighted by Gasteiger charge is -2.39. The summed E-state index contributed by atoms with van der Waals surface area (Å²) in [6.45, 7) is 12.7. The first-order chi connectivity index (χ1) is 9.33. The Morgan fingerprint density at radius 1 is 1.26 bits per heavy atom. The van der Waals surface area contributed by atoms with Gasteiger partial charge in [0.25, 0.3) is 0 Å². The highest BCUT2D eigenvalue weighted by Crippen LogP contribution is 2.20. The minimum absolute atomic E-state index is 0.610. The Morgan fingerprint density at radius 2 is 1.89 bits per heavy atom. The molecule has 1 fully saturated rings. The van der Waals surface area contributed by atoms with E-state index in [0.717, 1.165) is 24.7 Å². The van der Waals surface area contributed by atoms with Crippen LogP contribution in [0.25, 0.3) is 0 Å². The number of hydrogen-bond donors (Lipinski definition) is 1. The van der Waals surface area contributed by atoms with Gasteiger partial charge in [0, 0.05) is 19.1 Å². The second-order valence-corrected chi connectivity index (χ2v) is 3.68. The van der Waals surface area contributed by atoms with Gasteiger partial charge in [-0.2, -0.15) is 0 Å². The molecule has 1 aliphatic heterocycles. The molecule has 0 aliphatic carbocycles. The van der Waals surface area contributed by atoms with Crippen LogP contribution in [0.4, 0.5) is 5.82 Å². The maximum absolute atomic E-state index is 5.34. The minimum atomic E-state index is 0.610. The summed E-state index contributed by atoms with van der Waals surface area (Å²) in [6, 6.07) is 4.59. The standard InChI is InChI=1S/C11H17N3O.2C2H6/c1-3-15-10-4-5-11(13-6-10)14-7-9(8-14)12-2;2*1-2/h4-6,9,12H,3,7-8H2,1-2H3;2*1-2H3. The summed E-state index contributed by atoms with van der Waals surface area (Å²) < 4.78 is 5.34. The summed E-state index contributed by atoms with van der Waals surface area (Å²) in [6.07, 6.45) is 1.78. The second kappa shape index (κ2) is 10.6. The molecule has 0 saturated carbocycles. The number of likely N-dealkylation sites (N-methyl/N-ethyl adjacent to an activating group) is 1. The molecule has 110 valence electrons. The number of pyridine rings is 1. The molecule has 0 spiro atoms. The topological polar surface area (TPSA) is 37.4 Å². The van der Waals surface area contributed by atoms with E-state index in [1.165, 1.54) is 0 Å².